The summed E-state index contributed by atoms with van der Waals surface area (Å²) < 4.78 is 5.62. The molecular formula is C30H50O3. The fourth-order valence-electron chi connectivity index (χ4n) is 9.27. The molecule has 4 aliphatic rings. The van der Waals surface area contributed by atoms with Crippen LogP contribution < -0.4 is 0 Å². The number of esters is 1. The molecule has 0 N–H and O–H groups in total. The fraction of sp³-hybridized carbons (Fsp3) is 0.933. The molecule has 10 atom stereocenters. The predicted octanol–water partition coefficient (Wildman–Crippen LogP) is 7.46. The van der Waals surface area contributed by atoms with Gasteiger partial charge in [0.05, 0.1) is 0 Å². The number of carbonyl (C=O) groups is 2. The van der Waals surface area contributed by atoms with E-state index in [1.165, 1.54) is 45.4 Å². The van der Waals surface area contributed by atoms with E-state index in [1.807, 2.05) is 0 Å². The average molecular weight is 459 g/mol. The lowest BCUT2D eigenvalue weighted by molar-refractivity contribution is -0.167. The molecule has 0 aromatic carbocycles. The van der Waals surface area contributed by atoms with Gasteiger partial charge in [-0.1, -0.05) is 54.4 Å². The van der Waals surface area contributed by atoms with Crippen LogP contribution in [-0.4, -0.2) is 17.9 Å². The van der Waals surface area contributed by atoms with Crippen molar-refractivity contribution in [2.45, 2.75) is 119 Å². The summed E-state index contributed by atoms with van der Waals surface area (Å²) in [4.78, 5) is 25.5. The second-order valence-electron chi connectivity index (χ2n) is 13.5. The van der Waals surface area contributed by atoms with Gasteiger partial charge in [-0.25, -0.2) is 0 Å². The quantitative estimate of drug-likeness (QED) is 0.388. The molecule has 2 unspecified atom stereocenters. The van der Waals surface area contributed by atoms with Gasteiger partial charge in [0, 0.05) is 18.8 Å². The summed E-state index contributed by atoms with van der Waals surface area (Å²) in [6.07, 6.45) is 11.6. The summed E-state index contributed by atoms with van der Waals surface area (Å²) in [6.45, 7) is 15.9. The summed E-state index contributed by atoms with van der Waals surface area (Å²) in [5.41, 5.74) is 0.146. The molecular weight excluding hydrogens is 408 g/mol. The van der Waals surface area contributed by atoms with E-state index in [1.54, 1.807) is 0 Å². The van der Waals surface area contributed by atoms with Crippen LogP contribution in [0.15, 0.2) is 0 Å². The fourth-order valence-corrected chi connectivity index (χ4v) is 9.27. The van der Waals surface area contributed by atoms with E-state index in [0.29, 0.717) is 41.3 Å². The number of ketones is 1. The van der Waals surface area contributed by atoms with Crippen molar-refractivity contribution in [3.8, 4) is 0 Å². The Morgan fingerprint density at radius 3 is 2.39 bits per heavy atom. The van der Waals surface area contributed by atoms with E-state index in [2.05, 4.69) is 41.5 Å². The molecule has 0 amide bonds. The Morgan fingerprint density at radius 2 is 1.73 bits per heavy atom. The summed E-state index contributed by atoms with van der Waals surface area (Å²) in [6, 6.07) is 0. The smallest absolute Gasteiger partial charge is 0.302 e. The van der Waals surface area contributed by atoms with Crippen molar-refractivity contribution in [2.24, 2.45) is 58.2 Å². The molecule has 33 heavy (non-hydrogen) atoms. The summed E-state index contributed by atoms with van der Waals surface area (Å²) >= 11 is 0. The third kappa shape index (κ3) is 4.33. The van der Waals surface area contributed by atoms with Crippen LogP contribution in [0.5, 0.6) is 0 Å². The minimum Gasteiger partial charge on any atom is -0.463 e. The lowest BCUT2D eigenvalue weighted by Crippen LogP contribution is -2.57. The zero-order valence-corrected chi connectivity index (χ0v) is 22.5. The Morgan fingerprint density at radius 1 is 1.00 bits per heavy atom. The van der Waals surface area contributed by atoms with E-state index in [0.717, 1.165) is 37.5 Å². The van der Waals surface area contributed by atoms with Crippen molar-refractivity contribution in [3.05, 3.63) is 0 Å². The van der Waals surface area contributed by atoms with Crippen molar-refractivity contribution in [1.29, 1.82) is 0 Å². The maximum absolute atomic E-state index is 14.0. The Hall–Kier alpha value is -0.860. The molecule has 0 aromatic heterocycles. The third-order valence-electron chi connectivity index (χ3n) is 11.8. The van der Waals surface area contributed by atoms with Crippen LogP contribution in [0.4, 0.5) is 0 Å². The second-order valence-corrected chi connectivity index (χ2v) is 13.5. The van der Waals surface area contributed by atoms with Crippen LogP contribution in [0, 0.1) is 58.2 Å². The highest BCUT2D eigenvalue weighted by Gasteiger charge is 2.64. The summed E-state index contributed by atoms with van der Waals surface area (Å²) in [5, 5.41) is 0. The van der Waals surface area contributed by atoms with E-state index in [4.69, 9.17) is 4.74 Å². The normalized spacial score (nSPS) is 44.5. The maximum Gasteiger partial charge on any atom is 0.302 e. The topological polar surface area (TPSA) is 43.4 Å². The molecule has 3 heteroatoms. The lowest BCUT2D eigenvalue weighted by atomic mass is 9.44. The van der Waals surface area contributed by atoms with Crippen molar-refractivity contribution < 1.29 is 14.3 Å². The molecule has 188 valence electrons. The Kier molecular flexibility index (Phi) is 7.12. The van der Waals surface area contributed by atoms with Crippen LogP contribution in [0.25, 0.3) is 0 Å². The van der Waals surface area contributed by atoms with E-state index in [9.17, 15) is 9.59 Å². The SMILES string of the molecule is CC(=O)OC1CC[C@@]2(C)C(CC[C@H]3[C@@H]4CC[C@H]([C@H](C)CC[C@H](C)C(C)C)[C@@]4(C)C(=O)C[C@@H]32)C1. The van der Waals surface area contributed by atoms with Crippen molar-refractivity contribution in [3.63, 3.8) is 0 Å². The molecule has 0 radical (unpaired) electrons. The molecule has 0 bridgehead atoms. The second kappa shape index (κ2) is 9.30. The lowest BCUT2D eigenvalue weighted by Gasteiger charge is -2.60. The van der Waals surface area contributed by atoms with Gasteiger partial charge >= 0.3 is 5.97 Å². The highest BCUT2D eigenvalue weighted by atomic mass is 16.5. The molecule has 4 aliphatic carbocycles. The largest absolute Gasteiger partial charge is 0.463 e. The number of ether oxygens (including phenoxy) is 1. The van der Waals surface area contributed by atoms with E-state index >= 15 is 0 Å². The first-order valence-corrected chi connectivity index (χ1v) is 14.2. The molecule has 3 nitrogen and oxygen atoms in total. The number of Topliss-reactive ketones (excluding diaryl/α,β-unsaturated/α-hetero) is 1. The van der Waals surface area contributed by atoms with Gasteiger partial charge in [-0.05, 0) is 97.7 Å². The van der Waals surface area contributed by atoms with Gasteiger partial charge in [0.15, 0.2) is 0 Å². The highest BCUT2D eigenvalue weighted by molar-refractivity contribution is 5.87. The summed E-state index contributed by atoms with van der Waals surface area (Å²) in [7, 11) is 0. The van der Waals surface area contributed by atoms with Gasteiger partial charge in [0.2, 0.25) is 0 Å². The first-order chi connectivity index (χ1) is 15.5. The van der Waals surface area contributed by atoms with Crippen LogP contribution in [0.3, 0.4) is 0 Å². The van der Waals surface area contributed by atoms with Gasteiger partial charge < -0.3 is 4.74 Å². The number of hydrogen-bond acceptors (Lipinski definition) is 3. The Labute approximate surface area is 203 Å². The molecule has 0 aliphatic heterocycles. The molecule has 0 saturated heterocycles. The van der Waals surface area contributed by atoms with Gasteiger partial charge in [0.1, 0.15) is 11.9 Å². The number of carbonyl (C=O) groups excluding carboxylic acids is 2. The number of fused-ring (bicyclic) bond motifs is 5. The maximum atomic E-state index is 14.0. The first kappa shape index (κ1) is 25.2. The number of rotatable bonds is 6. The molecule has 4 fully saturated rings. The monoisotopic (exact) mass is 458 g/mol. The number of hydrogen-bond donors (Lipinski definition) is 0. The standard InChI is InChI=1S/C30H50O3/c1-18(2)19(3)8-9-20(4)25-12-13-26-24-11-10-22-16-23(33-21(5)31)14-15-29(22,6)27(24)17-28(32)30(25,26)7/h18-20,22-27H,8-17H2,1-7H3/t19-,20+,22?,23?,24-,25+,26-,27-,29-,30+/m0/s1. The van der Waals surface area contributed by atoms with Gasteiger partial charge in [-0.3, -0.25) is 9.59 Å². The van der Waals surface area contributed by atoms with Gasteiger partial charge in [0.25, 0.3) is 0 Å². The van der Waals surface area contributed by atoms with E-state index in [-0.39, 0.29) is 22.9 Å². The zero-order valence-electron chi connectivity index (χ0n) is 22.5. The van der Waals surface area contributed by atoms with Crippen molar-refractivity contribution in [1.82, 2.24) is 0 Å². The highest BCUT2D eigenvalue weighted by Crippen LogP contribution is 2.67. The molecule has 0 aromatic rings. The van der Waals surface area contributed by atoms with Crippen LogP contribution in [0.2, 0.25) is 0 Å². The average Bonchev–Trinajstić information content (AvgIpc) is 3.11. The molecule has 0 spiro atoms. The van der Waals surface area contributed by atoms with Crippen molar-refractivity contribution in [2.75, 3.05) is 0 Å². The zero-order chi connectivity index (χ0) is 24.1. The molecule has 4 saturated carbocycles. The van der Waals surface area contributed by atoms with Gasteiger partial charge in [-0.2, -0.15) is 0 Å². The van der Waals surface area contributed by atoms with Crippen LogP contribution in [0.1, 0.15) is 113 Å². The van der Waals surface area contributed by atoms with Gasteiger partial charge in [-0.15, -0.1) is 0 Å². The van der Waals surface area contributed by atoms with E-state index < -0.39 is 0 Å². The third-order valence-corrected chi connectivity index (χ3v) is 11.8. The predicted molar refractivity (Wildman–Crippen MR) is 134 cm³/mol. The molecule has 4 rings (SSSR count). The molecule has 0 heterocycles. The van der Waals surface area contributed by atoms with Crippen LogP contribution in [-0.2, 0) is 14.3 Å². The van der Waals surface area contributed by atoms with Crippen LogP contribution >= 0.6 is 0 Å². The minimum atomic E-state index is -0.144. The Bertz CT molecular complexity index is 743. The van der Waals surface area contributed by atoms with Crippen molar-refractivity contribution >= 4 is 11.8 Å². The first-order valence-electron chi connectivity index (χ1n) is 14.2. The Balaban J connectivity index is 1.49. The minimum absolute atomic E-state index is 0.0895. The summed E-state index contributed by atoms with van der Waals surface area (Å²) in [5.74, 6) is 5.60.